The maximum absolute atomic E-state index is 12.3. The number of carboxylic acid groups (broad SMARTS) is 1. The number of aromatic nitrogens is 1. The molecular weight excluding hydrogens is 318 g/mol. The van der Waals surface area contributed by atoms with Crippen molar-refractivity contribution >= 4 is 33.5 Å². The Bertz CT molecular complexity index is 650. The van der Waals surface area contributed by atoms with E-state index < -0.39 is 22.1 Å². The van der Waals surface area contributed by atoms with E-state index in [4.69, 9.17) is 16.7 Å². The molecule has 0 radical (unpaired) electrons. The van der Waals surface area contributed by atoms with Crippen molar-refractivity contribution < 1.29 is 18.3 Å². The summed E-state index contributed by atoms with van der Waals surface area (Å²) in [4.78, 5) is 14.9. The number of aryl methyl sites for hydroxylation is 1. The van der Waals surface area contributed by atoms with Gasteiger partial charge in [0.25, 0.3) is 0 Å². The minimum absolute atomic E-state index is 0.0231. The van der Waals surface area contributed by atoms with Crippen LogP contribution in [0.4, 0.5) is 5.69 Å². The van der Waals surface area contributed by atoms with Crippen LogP contribution in [-0.4, -0.2) is 41.9 Å². The highest BCUT2D eigenvalue weighted by molar-refractivity contribution is 7.90. The Hall–Kier alpha value is -1.38. The molecule has 2 rings (SSSR count). The van der Waals surface area contributed by atoms with Gasteiger partial charge in [-0.25, -0.2) is 4.98 Å². The van der Waals surface area contributed by atoms with Gasteiger partial charge in [0.2, 0.25) is 0 Å². The van der Waals surface area contributed by atoms with E-state index in [0.717, 1.165) is 4.31 Å². The van der Waals surface area contributed by atoms with Crippen LogP contribution in [0.25, 0.3) is 0 Å². The van der Waals surface area contributed by atoms with Gasteiger partial charge in [-0.1, -0.05) is 11.6 Å². The number of aliphatic carboxylic acids is 1. The van der Waals surface area contributed by atoms with Crippen molar-refractivity contribution in [3.8, 4) is 0 Å². The zero-order valence-electron chi connectivity index (χ0n) is 11.4. The van der Waals surface area contributed by atoms with Crippen molar-refractivity contribution in [1.82, 2.24) is 9.29 Å². The maximum atomic E-state index is 12.3. The average molecular weight is 334 g/mol. The van der Waals surface area contributed by atoms with E-state index in [1.54, 1.807) is 13.0 Å². The highest BCUT2D eigenvalue weighted by Gasteiger charge is 2.32. The number of carboxylic acids is 1. The number of anilines is 1. The van der Waals surface area contributed by atoms with Crippen LogP contribution in [0, 0.1) is 12.8 Å². The van der Waals surface area contributed by atoms with E-state index in [-0.39, 0.29) is 6.54 Å². The molecule has 0 spiro atoms. The number of rotatable bonds is 4. The van der Waals surface area contributed by atoms with Crippen molar-refractivity contribution in [2.24, 2.45) is 5.92 Å². The van der Waals surface area contributed by atoms with Crippen molar-refractivity contribution in [2.75, 3.05) is 17.8 Å². The molecule has 0 saturated carbocycles. The molecule has 9 heteroatoms. The Morgan fingerprint density at radius 2 is 2.29 bits per heavy atom. The molecule has 1 aromatic rings. The number of nitrogens with zero attached hydrogens (tertiary/aromatic N) is 2. The van der Waals surface area contributed by atoms with E-state index in [1.165, 1.54) is 6.20 Å². The molecule has 1 unspecified atom stereocenters. The zero-order valence-corrected chi connectivity index (χ0v) is 13.0. The molecule has 0 bridgehead atoms. The van der Waals surface area contributed by atoms with Gasteiger partial charge in [0.1, 0.15) is 5.15 Å². The van der Waals surface area contributed by atoms with E-state index in [1.807, 2.05) is 0 Å². The summed E-state index contributed by atoms with van der Waals surface area (Å²) in [7, 11) is -3.80. The van der Waals surface area contributed by atoms with Crippen LogP contribution in [0.1, 0.15) is 18.4 Å². The Morgan fingerprint density at radius 1 is 1.57 bits per heavy atom. The molecular formula is C12H16ClN3O4S. The molecule has 0 aliphatic carbocycles. The number of carbonyl (C=O) groups is 1. The lowest BCUT2D eigenvalue weighted by atomic mass is 10.0. The fourth-order valence-electron chi connectivity index (χ4n) is 2.19. The number of nitrogens with one attached hydrogen (secondary N) is 1. The summed E-state index contributed by atoms with van der Waals surface area (Å²) in [5.74, 6) is -1.64. The van der Waals surface area contributed by atoms with Gasteiger partial charge in [-0.05, 0) is 31.4 Å². The third-order valence-electron chi connectivity index (χ3n) is 3.33. The number of hydrogen-bond donors (Lipinski definition) is 2. The molecule has 1 atom stereocenters. The topological polar surface area (TPSA) is 99.6 Å². The van der Waals surface area contributed by atoms with Crippen LogP contribution >= 0.6 is 11.6 Å². The average Bonchev–Trinajstić information content (AvgIpc) is 2.43. The molecule has 116 valence electrons. The van der Waals surface area contributed by atoms with Crippen LogP contribution in [0.5, 0.6) is 0 Å². The SMILES string of the molecule is Cc1cc(NS(=O)(=O)N2CCCC(C(=O)O)C2)cnc1Cl. The summed E-state index contributed by atoms with van der Waals surface area (Å²) in [6.45, 7) is 2.00. The molecule has 1 saturated heterocycles. The molecule has 2 heterocycles. The fourth-order valence-corrected chi connectivity index (χ4v) is 3.58. The van der Waals surface area contributed by atoms with Gasteiger partial charge in [0.05, 0.1) is 17.8 Å². The highest BCUT2D eigenvalue weighted by atomic mass is 35.5. The number of pyridine rings is 1. The van der Waals surface area contributed by atoms with Crippen molar-refractivity contribution in [3.63, 3.8) is 0 Å². The minimum atomic E-state index is -3.80. The molecule has 21 heavy (non-hydrogen) atoms. The van der Waals surface area contributed by atoms with Gasteiger partial charge in [0.15, 0.2) is 0 Å². The first-order chi connectivity index (χ1) is 9.79. The van der Waals surface area contributed by atoms with Crippen LogP contribution in [0.3, 0.4) is 0 Å². The Morgan fingerprint density at radius 3 is 2.90 bits per heavy atom. The second kappa shape index (κ2) is 6.17. The normalized spacial score (nSPS) is 20.2. The van der Waals surface area contributed by atoms with Gasteiger partial charge in [0, 0.05) is 13.1 Å². The van der Waals surface area contributed by atoms with Crippen LogP contribution in [0.15, 0.2) is 12.3 Å². The molecule has 2 N–H and O–H groups in total. The summed E-state index contributed by atoms with van der Waals surface area (Å²) in [5, 5.41) is 9.32. The van der Waals surface area contributed by atoms with Crippen LogP contribution in [0.2, 0.25) is 5.15 Å². The van der Waals surface area contributed by atoms with Crippen molar-refractivity contribution in [1.29, 1.82) is 0 Å². The van der Waals surface area contributed by atoms with E-state index in [2.05, 4.69) is 9.71 Å². The first-order valence-electron chi connectivity index (χ1n) is 6.42. The lowest BCUT2D eigenvalue weighted by Gasteiger charge is -2.29. The Labute approximate surface area is 128 Å². The largest absolute Gasteiger partial charge is 0.481 e. The van der Waals surface area contributed by atoms with Crippen molar-refractivity contribution in [3.05, 3.63) is 23.0 Å². The summed E-state index contributed by atoms with van der Waals surface area (Å²) < 4.78 is 28.1. The summed E-state index contributed by atoms with van der Waals surface area (Å²) in [5.41, 5.74) is 0.952. The third kappa shape index (κ3) is 3.84. The van der Waals surface area contributed by atoms with E-state index >= 15 is 0 Å². The Kier molecular flexibility index (Phi) is 4.70. The minimum Gasteiger partial charge on any atom is -0.481 e. The molecule has 1 fully saturated rings. The lowest BCUT2D eigenvalue weighted by molar-refractivity contribution is -0.142. The smallest absolute Gasteiger partial charge is 0.307 e. The standard InChI is InChI=1S/C12H16ClN3O4S/c1-8-5-10(6-14-11(8)13)15-21(19,20)16-4-2-3-9(7-16)12(17)18/h5-6,9,15H,2-4,7H2,1H3,(H,17,18). The van der Waals surface area contributed by atoms with Gasteiger partial charge in [-0.2, -0.15) is 12.7 Å². The highest BCUT2D eigenvalue weighted by Crippen LogP contribution is 2.22. The van der Waals surface area contributed by atoms with Gasteiger partial charge >= 0.3 is 16.2 Å². The summed E-state index contributed by atoms with van der Waals surface area (Å²) >= 11 is 5.79. The molecule has 1 aliphatic rings. The molecule has 1 aliphatic heterocycles. The maximum Gasteiger partial charge on any atom is 0.307 e. The zero-order chi connectivity index (χ0) is 15.6. The quantitative estimate of drug-likeness (QED) is 0.813. The molecule has 0 aromatic carbocycles. The second-order valence-corrected chi connectivity index (χ2v) is 7.00. The molecule has 7 nitrogen and oxygen atoms in total. The van der Waals surface area contributed by atoms with Gasteiger partial charge in [-0.3, -0.25) is 9.52 Å². The number of halogens is 1. The van der Waals surface area contributed by atoms with Crippen molar-refractivity contribution in [2.45, 2.75) is 19.8 Å². The van der Waals surface area contributed by atoms with Gasteiger partial charge < -0.3 is 5.11 Å². The van der Waals surface area contributed by atoms with E-state index in [0.29, 0.717) is 35.8 Å². The summed E-state index contributed by atoms with van der Waals surface area (Å²) in [6.07, 6.45) is 2.34. The van der Waals surface area contributed by atoms with E-state index in [9.17, 15) is 13.2 Å². The fraction of sp³-hybridized carbons (Fsp3) is 0.500. The first-order valence-corrected chi connectivity index (χ1v) is 8.24. The Balaban J connectivity index is 2.14. The van der Waals surface area contributed by atoms with Crippen LogP contribution < -0.4 is 4.72 Å². The molecule has 1 aromatic heterocycles. The lowest BCUT2D eigenvalue weighted by Crippen LogP contribution is -2.44. The number of piperidine rings is 1. The van der Waals surface area contributed by atoms with Gasteiger partial charge in [-0.15, -0.1) is 0 Å². The predicted octanol–water partition coefficient (Wildman–Crippen LogP) is 1.50. The monoisotopic (exact) mass is 333 g/mol. The van der Waals surface area contributed by atoms with Crippen LogP contribution in [-0.2, 0) is 15.0 Å². The molecule has 0 amide bonds. The summed E-state index contributed by atoms with van der Waals surface area (Å²) in [6, 6.07) is 1.57. The predicted molar refractivity (Wildman–Crippen MR) is 78.5 cm³/mol. The number of hydrogen-bond acceptors (Lipinski definition) is 4. The first kappa shape index (κ1) is 16.0. The third-order valence-corrected chi connectivity index (χ3v) is 5.24. The second-order valence-electron chi connectivity index (χ2n) is 4.97.